The minimum Gasteiger partial charge on any atom is -0.493 e. The first-order valence-corrected chi connectivity index (χ1v) is 14.8. The normalized spacial score (nSPS) is 15.7. The Hall–Kier alpha value is -4.64. The lowest BCUT2D eigenvalue weighted by molar-refractivity contribution is 0.0759. The molecule has 3 aromatic rings. The lowest BCUT2D eigenvalue weighted by atomic mass is 10.1. The van der Waals surface area contributed by atoms with Gasteiger partial charge in [0.15, 0.2) is 11.5 Å². The van der Waals surface area contributed by atoms with Gasteiger partial charge in [0.05, 0.1) is 25.6 Å². The molecule has 2 saturated heterocycles. The van der Waals surface area contributed by atoms with Gasteiger partial charge in [-0.25, -0.2) is 4.39 Å². The Morgan fingerprint density at radius 3 is 2.23 bits per heavy atom. The lowest BCUT2D eigenvalue weighted by Crippen LogP contribution is -2.35. The molecule has 2 aliphatic rings. The van der Waals surface area contributed by atoms with Gasteiger partial charge >= 0.3 is 0 Å². The predicted octanol–water partition coefficient (Wildman–Crippen LogP) is 3.88. The van der Waals surface area contributed by atoms with Crippen molar-refractivity contribution < 1.29 is 28.2 Å². The second-order valence-electron chi connectivity index (χ2n) is 10.8. The quantitative estimate of drug-likeness (QED) is 0.423. The highest BCUT2D eigenvalue weighted by Crippen LogP contribution is 2.32. The summed E-state index contributed by atoms with van der Waals surface area (Å²) < 4.78 is 24.5. The zero-order chi connectivity index (χ0) is 31.1. The van der Waals surface area contributed by atoms with Crippen LogP contribution in [0.4, 0.5) is 15.8 Å². The van der Waals surface area contributed by atoms with E-state index in [2.05, 4.69) is 15.5 Å². The third kappa shape index (κ3) is 7.11. The molecule has 3 aromatic carbocycles. The van der Waals surface area contributed by atoms with Crippen LogP contribution in [0, 0.1) is 5.82 Å². The molecule has 10 nitrogen and oxygen atoms in total. The largest absolute Gasteiger partial charge is 0.493 e. The molecule has 2 N–H and O–H groups in total. The summed E-state index contributed by atoms with van der Waals surface area (Å²) >= 11 is 0. The molecule has 0 saturated carbocycles. The van der Waals surface area contributed by atoms with E-state index in [9.17, 15) is 18.8 Å². The summed E-state index contributed by atoms with van der Waals surface area (Å²) in [4.78, 5) is 45.8. The molecule has 2 fully saturated rings. The molecule has 3 amide bonds. The summed E-state index contributed by atoms with van der Waals surface area (Å²) in [6.07, 6.45) is 1.54. The van der Waals surface area contributed by atoms with Crippen molar-refractivity contribution in [1.82, 2.24) is 15.1 Å². The third-order valence-electron chi connectivity index (χ3n) is 7.96. The summed E-state index contributed by atoms with van der Waals surface area (Å²) in [6.45, 7) is 4.90. The zero-order valence-corrected chi connectivity index (χ0v) is 25.1. The number of hydrogen-bond acceptors (Lipinski definition) is 7. The van der Waals surface area contributed by atoms with E-state index in [1.54, 1.807) is 41.3 Å². The van der Waals surface area contributed by atoms with Gasteiger partial charge in [-0.05, 0) is 74.0 Å². The molecule has 44 heavy (non-hydrogen) atoms. The molecule has 2 aliphatic heterocycles. The van der Waals surface area contributed by atoms with Gasteiger partial charge in [0.2, 0.25) is 0 Å². The summed E-state index contributed by atoms with van der Waals surface area (Å²) in [6, 6.07) is 16.0. The topological polar surface area (TPSA) is 103 Å². The van der Waals surface area contributed by atoms with Crippen molar-refractivity contribution in [3.05, 3.63) is 83.2 Å². The van der Waals surface area contributed by atoms with Crippen LogP contribution in [0.3, 0.4) is 0 Å². The highest BCUT2D eigenvalue weighted by Gasteiger charge is 2.25. The smallest absolute Gasteiger partial charge is 0.255 e. The highest BCUT2D eigenvalue weighted by molar-refractivity contribution is 6.07. The van der Waals surface area contributed by atoms with E-state index < -0.39 is 5.82 Å². The SMILES string of the molecule is COc1ccc(C(=O)Nc2cc(C(=O)N3CCCNCC3)ccc2N2CCCN(C(=O)c3cccc(F)c3)CC2)cc1OC. The first-order chi connectivity index (χ1) is 21.4. The Labute approximate surface area is 256 Å². The van der Waals surface area contributed by atoms with Crippen molar-refractivity contribution in [3.8, 4) is 11.5 Å². The standard InChI is InChI=1S/C33H38FN5O5/c1-43-29-11-9-23(22-30(29)44-2)31(40)36-27-21-25(33(42)38-14-4-12-35-13-17-38)8-10-28(27)37-15-5-16-39(19-18-37)32(41)24-6-3-7-26(34)20-24/h3,6-11,20-22,35H,4-5,12-19H2,1-2H3,(H,36,40). The van der Waals surface area contributed by atoms with Gasteiger partial charge in [0.1, 0.15) is 5.82 Å². The van der Waals surface area contributed by atoms with Crippen molar-refractivity contribution >= 4 is 29.1 Å². The molecule has 0 spiro atoms. The molecular weight excluding hydrogens is 565 g/mol. The van der Waals surface area contributed by atoms with Crippen LogP contribution in [0.25, 0.3) is 0 Å². The van der Waals surface area contributed by atoms with Crippen molar-refractivity contribution in [1.29, 1.82) is 0 Å². The molecule has 0 radical (unpaired) electrons. The minimum atomic E-state index is -0.451. The second-order valence-corrected chi connectivity index (χ2v) is 10.8. The molecule has 0 aromatic heterocycles. The molecular formula is C33H38FN5O5. The third-order valence-corrected chi connectivity index (χ3v) is 7.96. The Morgan fingerprint density at radius 1 is 0.727 bits per heavy atom. The van der Waals surface area contributed by atoms with Gasteiger partial charge < -0.3 is 34.8 Å². The number of nitrogens with zero attached hydrogens (tertiary/aromatic N) is 3. The minimum absolute atomic E-state index is 0.0930. The second kappa shape index (κ2) is 14.2. The Balaban J connectivity index is 1.41. The summed E-state index contributed by atoms with van der Waals surface area (Å²) in [7, 11) is 3.04. The molecule has 11 heteroatoms. The number of carbonyl (C=O) groups excluding carboxylic acids is 3. The predicted molar refractivity (Wildman–Crippen MR) is 166 cm³/mol. The van der Waals surface area contributed by atoms with Crippen molar-refractivity contribution in [2.24, 2.45) is 0 Å². The van der Waals surface area contributed by atoms with E-state index in [0.717, 1.165) is 25.2 Å². The van der Waals surface area contributed by atoms with E-state index in [4.69, 9.17) is 9.47 Å². The van der Waals surface area contributed by atoms with Gasteiger partial charge in [-0.2, -0.15) is 0 Å². The number of halogens is 1. The lowest BCUT2D eigenvalue weighted by Gasteiger charge is -2.27. The van der Waals surface area contributed by atoms with Crippen LogP contribution in [0.15, 0.2) is 60.7 Å². The fourth-order valence-corrected chi connectivity index (χ4v) is 5.61. The van der Waals surface area contributed by atoms with E-state index in [0.29, 0.717) is 79.6 Å². The van der Waals surface area contributed by atoms with Crippen molar-refractivity contribution in [2.45, 2.75) is 12.8 Å². The first-order valence-electron chi connectivity index (χ1n) is 14.8. The fraction of sp³-hybridized carbons (Fsp3) is 0.364. The summed E-state index contributed by atoms with van der Waals surface area (Å²) in [5, 5.41) is 6.34. The van der Waals surface area contributed by atoms with Crippen LogP contribution < -0.4 is 25.0 Å². The van der Waals surface area contributed by atoms with Gasteiger partial charge in [-0.3, -0.25) is 14.4 Å². The van der Waals surface area contributed by atoms with E-state index in [-0.39, 0.29) is 17.7 Å². The number of amides is 3. The van der Waals surface area contributed by atoms with Crippen LogP contribution >= 0.6 is 0 Å². The molecule has 232 valence electrons. The molecule has 2 heterocycles. The first kappa shape index (κ1) is 30.8. The summed E-state index contributed by atoms with van der Waals surface area (Å²) in [5.74, 6) is -0.201. The van der Waals surface area contributed by atoms with E-state index in [1.807, 2.05) is 11.0 Å². The Morgan fingerprint density at radius 2 is 1.45 bits per heavy atom. The number of benzene rings is 3. The molecule has 0 unspecified atom stereocenters. The van der Waals surface area contributed by atoms with Crippen molar-refractivity contribution in [2.75, 3.05) is 76.8 Å². The van der Waals surface area contributed by atoms with Crippen LogP contribution in [-0.2, 0) is 0 Å². The Bertz CT molecular complexity index is 1510. The van der Waals surface area contributed by atoms with E-state index >= 15 is 0 Å². The average molecular weight is 604 g/mol. The number of hydrogen-bond donors (Lipinski definition) is 2. The van der Waals surface area contributed by atoms with Gasteiger partial charge in [-0.1, -0.05) is 6.07 Å². The fourth-order valence-electron chi connectivity index (χ4n) is 5.61. The van der Waals surface area contributed by atoms with Crippen LogP contribution in [0.1, 0.15) is 43.9 Å². The molecule has 0 bridgehead atoms. The van der Waals surface area contributed by atoms with Gasteiger partial charge in [0.25, 0.3) is 17.7 Å². The van der Waals surface area contributed by atoms with Gasteiger partial charge in [-0.15, -0.1) is 0 Å². The molecule has 0 atom stereocenters. The van der Waals surface area contributed by atoms with Gasteiger partial charge in [0, 0.05) is 62.5 Å². The van der Waals surface area contributed by atoms with Crippen LogP contribution in [0.5, 0.6) is 11.5 Å². The summed E-state index contributed by atoms with van der Waals surface area (Å²) in [5.41, 5.74) is 2.40. The van der Waals surface area contributed by atoms with Crippen LogP contribution in [-0.4, -0.2) is 94.1 Å². The maximum atomic E-state index is 13.8. The van der Waals surface area contributed by atoms with Crippen LogP contribution in [0.2, 0.25) is 0 Å². The van der Waals surface area contributed by atoms with Crippen molar-refractivity contribution in [3.63, 3.8) is 0 Å². The molecule has 0 aliphatic carbocycles. The number of ether oxygens (including phenoxy) is 2. The number of anilines is 2. The highest BCUT2D eigenvalue weighted by atomic mass is 19.1. The number of nitrogens with one attached hydrogen (secondary N) is 2. The zero-order valence-electron chi connectivity index (χ0n) is 25.1. The number of carbonyl (C=O) groups is 3. The number of rotatable bonds is 7. The average Bonchev–Trinajstić information content (AvgIpc) is 3.48. The maximum Gasteiger partial charge on any atom is 0.255 e. The number of methoxy groups -OCH3 is 2. The van der Waals surface area contributed by atoms with E-state index in [1.165, 1.54) is 32.4 Å². The monoisotopic (exact) mass is 603 g/mol. The maximum absolute atomic E-state index is 13.8. The molecule has 5 rings (SSSR count). The Kier molecular flexibility index (Phi) is 9.96.